The van der Waals surface area contributed by atoms with Gasteiger partial charge in [-0.2, -0.15) is 0 Å². The van der Waals surface area contributed by atoms with Crippen LogP contribution in [0.15, 0.2) is 12.1 Å². The van der Waals surface area contributed by atoms with E-state index in [0.29, 0.717) is 50.5 Å². The third-order valence-electron chi connectivity index (χ3n) is 4.00. The topological polar surface area (TPSA) is 59.0 Å². The quantitative estimate of drug-likeness (QED) is 0.891. The highest BCUT2D eigenvalue weighted by molar-refractivity contribution is 5.69. The maximum absolute atomic E-state index is 14.0. The fraction of sp³-hybridized carbons (Fsp3) is 0.533. The number of carbonyl (C=O) groups is 1. The van der Waals surface area contributed by atoms with E-state index >= 15 is 0 Å². The molecular formula is C15H18FNO4. The Kier molecular flexibility index (Phi) is 3.96. The summed E-state index contributed by atoms with van der Waals surface area (Å²) in [5, 5.41) is 9.18. The fourth-order valence-electron chi connectivity index (χ4n) is 2.86. The number of hydrogen-bond acceptors (Lipinski definition) is 4. The van der Waals surface area contributed by atoms with Gasteiger partial charge in [-0.25, -0.2) is 9.18 Å². The van der Waals surface area contributed by atoms with Crippen LogP contribution in [0.3, 0.4) is 0 Å². The highest BCUT2D eigenvalue weighted by atomic mass is 19.1. The zero-order chi connectivity index (χ0) is 14.8. The van der Waals surface area contributed by atoms with E-state index in [-0.39, 0.29) is 24.4 Å². The van der Waals surface area contributed by atoms with Gasteiger partial charge in [-0.15, -0.1) is 0 Å². The monoisotopic (exact) mass is 295 g/mol. The lowest BCUT2D eigenvalue weighted by Gasteiger charge is -2.14. The summed E-state index contributed by atoms with van der Waals surface area (Å²) in [5.74, 6) is 0.292. The number of carbonyl (C=O) groups excluding carboxylic acids is 1. The molecule has 5 nitrogen and oxygen atoms in total. The molecule has 1 aliphatic carbocycles. The molecule has 0 aromatic heterocycles. The predicted molar refractivity (Wildman–Crippen MR) is 72.8 cm³/mol. The number of rotatable bonds is 5. The van der Waals surface area contributed by atoms with Crippen molar-refractivity contribution in [3.8, 4) is 5.75 Å². The Morgan fingerprint density at radius 3 is 3.00 bits per heavy atom. The molecule has 0 bridgehead atoms. The summed E-state index contributed by atoms with van der Waals surface area (Å²) in [6.45, 7) is 1.78. The van der Waals surface area contributed by atoms with Gasteiger partial charge in [0.05, 0.1) is 13.1 Å². The lowest BCUT2D eigenvalue weighted by Crippen LogP contribution is -2.29. The van der Waals surface area contributed by atoms with E-state index < -0.39 is 0 Å². The third-order valence-corrected chi connectivity index (χ3v) is 4.00. The number of nitrogens with zero attached hydrogens (tertiary/aromatic N) is 1. The maximum atomic E-state index is 14.0. The third kappa shape index (κ3) is 2.95. The Morgan fingerprint density at radius 2 is 2.29 bits per heavy atom. The minimum Gasteiger partial charge on any atom is -0.492 e. The molecule has 1 heterocycles. The van der Waals surface area contributed by atoms with Crippen LogP contribution in [0.2, 0.25) is 0 Å². The molecular weight excluding hydrogens is 277 g/mol. The van der Waals surface area contributed by atoms with Gasteiger partial charge in [0.15, 0.2) is 0 Å². The molecule has 0 spiro atoms. The molecule has 6 heteroatoms. The Balaban J connectivity index is 1.59. The summed E-state index contributed by atoms with van der Waals surface area (Å²) >= 11 is 0. The summed E-state index contributed by atoms with van der Waals surface area (Å²) in [6.07, 6.45) is 0.931. The van der Waals surface area contributed by atoms with E-state index in [9.17, 15) is 14.3 Å². The minimum absolute atomic E-state index is 0.0708. The van der Waals surface area contributed by atoms with Crippen molar-refractivity contribution in [3.05, 3.63) is 29.1 Å². The molecule has 3 rings (SSSR count). The lowest BCUT2D eigenvalue weighted by molar-refractivity contribution is 0.153. The minimum atomic E-state index is -0.329. The Hall–Kier alpha value is -1.82. The van der Waals surface area contributed by atoms with Crippen molar-refractivity contribution >= 4 is 6.09 Å². The highest BCUT2D eigenvalue weighted by Gasteiger charge is 2.25. The summed E-state index contributed by atoms with van der Waals surface area (Å²) in [4.78, 5) is 12.8. The highest BCUT2D eigenvalue weighted by Crippen LogP contribution is 2.32. The molecule has 1 N–H and O–H groups in total. The van der Waals surface area contributed by atoms with Crippen molar-refractivity contribution in [2.24, 2.45) is 5.92 Å². The van der Waals surface area contributed by atoms with Crippen molar-refractivity contribution in [1.82, 2.24) is 4.90 Å². The Morgan fingerprint density at radius 1 is 1.43 bits per heavy atom. The fourth-order valence-corrected chi connectivity index (χ4v) is 2.86. The van der Waals surface area contributed by atoms with Crippen LogP contribution in [0, 0.1) is 11.7 Å². The first-order valence-corrected chi connectivity index (χ1v) is 7.14. The molecule has 1 atom stereocenters. The number of cyclic esters (lactones) is 1. The molecule has 2 aliphatic rings. The Labute approximate surface area is 122 Å². The largest absolute Gasteiger partial charge is 0.492 e. The first kappa shape index (κ1) is 14.1. The first-order chi connectivity index (χ1) is 10.2. The van der Waals surface area contributed by atoms with Crippen LogP contribution in [-0.2, 0) is 17.6 Å². The van der Waals surface area contributed by atoms with Crippen molar-refractivity contribution < 1.29 is 23.8 Å². The van der Waals surface area contributed by atoms with E-state index in [0.717, 1.165) is 5.56 Å². The molecule has 21 heavy (non-hydrogen) atoms. The number of benzene rings is 1. The van der Waals surface area contributed by atoms with Gasteiger partial charge in [0.25, 0.3) is 0 Å². The molecule has 0 radical (unpaired) electrons. The van der Waals surface area contributed by atoms with Crippen molar-refractivity contribution in [1.29, 1.82) is 0 Å². The molecule has 1 saturated heterocycles. The molecule has 0 saturated carbocycles. The zero-order valence-electron chi connectivity index (χ0n) is 11.7. The first-order valence-electron chi connectivity index (χ1n) is 7.14. The molecule has 1 aromatic carbocycles. The number of aliphatic hydroxyl groups is 1. The molecule has 1 aromatic rings. The summed E-state index contributed by atoms with van der Waals surface area (Å²) in [5.41, 5.74) is 1.59. The molecule has 1 amide bonds. The zero-order valence-corrected chi connectivity index (χ0v) is 11.7. The summed E-state index contributed by atoms with van der Waals surface area (Å²) in [6, 6.07) is 3.21. The number of hydrogen-bond donors (Lipinski definition) is 1. The van der Waals surface area contributed by atoms with Crippen molar-refractivity contribution in [2.75, 3.05) is 32.9 Å². The van der Waals surface area contributed by atoms with Crippen LogP contribution in [0.1, 0.15) is 11.1 Å². The van der Waals surface area contributed by atoms with E-state index in [1.54, 1.807) is 4.90 Å². The number of fused-ring (bicyclic) bond motifs is 1. The molecule has 1 unspecified atom stereocenters. The van der Waals surface area contributed by atoms with Gasteiger partial charge >= 0.3 is 6.09 Å². The van der Waals surface area contributed by atoms with Gasteiger partial charge in [0, 0.05) is 12.7 Å². The Bertz CT molecular complexity index is 549. The number of amides is 1. The van der Waals surface area contributed by atoms with Crippen LogP contribution in [0.4, 0.5) is 9.18 Å². The van der Waals surface area contributed by atoms with E-state index in [4.69, 9.17) is 9.47 Å². The van der Waals surface area contributed by atoms with Crippen LogP contribution >= 0.6 is 0 Å². The summed E-state index contributed by atoms with van der Waals surface area (Å²) in [7, 11) is 0. The SMILES string of the molecule is O=C1OCCN1CCOc1cc(F)c2c(c1)CC(CO)C2. The van der Waals surface area contributed by atoms with Crippen LogP contribution in [-0.4, -0.2) is 49.0 Å². The average molecular weight is 295 g/mol. The van der Waals surface area contributed by atoms with Gasteiger partial charge in [-0.1, -0.05) is 0 Å². The van der Waals surface area contributed by atoms with Gasteiger partial charge < -0.3 is 19.5 Å². The van der Waals surface area contributed by atoms with Gasteiger partial charge in [-0.3, -0.25) is 0 Å². The van der Waals surface area contributed by atoms with Crippen LogP contribution < -0.4 is 4.74 Å². The number of halogens is 1. The number of ether oxygens (including phenoxy) is 2. The molecule has 1 fully saturated rings. The standard InChI is InChI=1S/C15H18FNO4/c16-14-8-12(7-11-5-10(9-18)6-13(11)14)20-3-1-17-2-4-21-15(17)19/h7-8,10,18H,1-6,9H2. The van der Waals surface area contributed by atoms with E-state index in [1.807, 2.05) is 6.07 Å². The predicted octanol–water partition coefficient (Wildman–Crippen LogP) is 1.36. The average Bonchev–Trinajstić information content (AvgIpc) is 3.06. The van der Waals surface area contributed by atoms with Crippen molar-refractivity contribution in [2.45, 2.75) is 12.8 Å². The van der Waals surface area contributed by atoms with E-state index in [2.05, 4.69) is 0 Å². The normalized spacial score (nSPS) is 20.6. The lowest BCUT2D eigenvalue weighted by atomic mass is 10.1. The second-order valence-corrected chi connectivity index (χ2v) is 5.45. The maximum Gasteiger partial charge on any atom is 0.410 e. The van der Waals surface area contributed by atoms with Gasteiger partial charge in [0.2, 0.25) is 0 Å². The number of aliphatic hydroxyl groups excluding tert-OH is 1. The molecule has 114 valence electrons. The smallest absolute Gasteiger partial charge is 0.410 e. The summed E-state index contributed by atoms with van der Waals surface area (Å²) < 4.78 is 24.4. The van der Waals surface area contributed by atoms with Crippen LogP contribution in [0.25, 0.3) is 0 Å². The van der Waals surface area contributed by atoms with Crippen molar-refractivity contribution in [3.63, 3.8) is 0 Å². The van der Waals surface area contributed by atoms with E-state index in [1.165, 1.54) is 6.07 Å². The second kappa shape index (κ2) is 5.89. The van der Waals surface area contributed by atoms with Crippen LogP contribution in [0.5, 0.6) is 5.75 Å². The van der Waals surface area contributed by atoms with Gasteiger partial charge in [-0.05, 0) is 36.0 Å². The van der Waals surface area contributed by atoms with Gasteiger partial charge in [0.1, 0.15) is 24.8 Å². The second-order valence-electron chi connectivity index (χ2n) is 5.45. The molecule has 1 aliphatic heterocycles.